The zero-order chi connectivity index (χ0) is 17.8. The molecule has 0 amide bonds. The van der Waals surface area contributed by atoms with Crippen molar-refractivity contribution in [3.8, 4) is 0 Å². The number of hydrogen-bond donors (Lipinski definition) is 0. The second-order valence-electron chi connectivity index (χ2n) is 6.84. The molecule has 1 nitrogen and oxygen atoms in total. The van der Waals surface area contributed by atoms with E-state index in [0.717, 1.165) is 11.0 Å². The number of fused-ring (bicyclic) bond motifs is 5. The van der Waals surface area contributed by atoms with Crippen LogP contribution in [0, 0.1) is 0 Å². The number of alkyl halides is 1. The van der Waals surface area contributed by atoms with Gasteiger partial charge in [-0.15, -0.1) is 0 Å². The Morgan fingerprint density at radius 3 is 2.50 bits per heavy atom. The monoisotopic (exact) mass is 454 g/mol. The molecule has 0 spiro atoms. The second kappa shape index (κ2) is 8.26. The molecule has 0 saturated heterocycles. The van der Waals surface area contributed by atoms with Gasteiger partial charge in [-0.05, 0) is 76.1 Å². The number of allylic oxidation sites excluding steroid dienone is 2. The van der Waals surface area contributed by atoms with Crippen LogP contribution < -0.4 is 0 Å². The molecule has 0 saturated carbocycles. The van der Waals surface area contributed by atoms with Crippen molar-refractivity contribution in [1.82, 2.24) is 0 Å². The molecule has 26 heavy (non-hydrogen) atoms. The van der Waals surface area contributed by atoms with Gasteiger partial charge in [-0.25, -0.2) is 0 Å². The van der Waals surface area contributed by atoms with E-state index in [1.54, 1.807) is 17.4 Å². The van der Waals surface area contributed by atoms with Gasteiger partial charge < -0.3 is 4.74 Å². The van der Waals surface area contributed by atoms with Crippen molar-refractivity contribution in [3.63, 3.8) is 0 Å². The minimum atomic E-state index is 0.745. The van der Waals surface area contributed by atoms with E-state index < -0.39 is 0 Å². The van der Waals surface area contributed by atoms with Gasteiger partial charge in [0.05, 0.1) is 6.26 Å². The molecule has 132 valence electrons. The molecule has 1 aliphatic carbocycles. The molecule has 2 heteroatoms. The van der Waals surface area contributed by atoms with Gasteiger partial charge in [0.15, 0.2) is 0 Å². The van der Waals surface area contributed by atoms with Crippen molar-refractivity contribution in [1.29, 1.82) is 0 Å². The Morgan fingerprint density at radius 2 is 1.69 bits per heavy atom. The molecular formula is C24H23IO. The summed E-state index contributed by atoms with van der Waals surface area (Å²) in [7, 11) is 0. The molecule has 1 aliphatic heterocycles. The molecule has 0 atom stereocenters. The lowest BCUT2D eigenvalue weighted by Gasteiger charge is -2.18. The topological polar surface area (TPSA) is 9.23 Å². The molecule has 1 heterocycles. The van der Waals surface area contributed by atoms with Crippen LogP contribution in [0.4, 0.5) is 0 Å². The Bertz CT molecular complexity index is 984. The fraction of sp³-hybridized carbons (Fsp3) is 0.250. The third-order valence-electron chi connectivity index (χ3n) is 5.23. The highest BCUT2D eigenvalue weighted by atomic mass is 127. The van der Waals surface area contributed by atoms with E-state index >= 15 is 0 Å². The van der Waals surface area contributed by atoms with E-state index in [-0.39, 0.29) is 0 Å². The van der Waals surface area contributed by atoms with Crippen molar-refractivity contribution < 1.29 is 4.74 Å². The highest BCUT2D eigenvalue weighted by Gasteiger charge is 2.13. The van der Waals surface area contributed by atoms with Crippen molar-refractivity contribution in [2.45, 2.75) is 25.7 Å². The lowest BCUT2D eigenvalue weighted by Crippen LogP contribution is -2.02. The first-order valence-electron chi connectivity index (χ1n) is 9.32. The molecular weight excluding hydrogens is 431 g/mol. The largest absolute Gasteiger partial charge is 0.497 e. The third kappa shape index (κ3) is 3.66. The summed E-state index contributed by atoms with van der Waals surface area (Å²) in [6, 6.07) is 18.0. The Balaban J connectivity index is 0.000000178. The van der Waals surface area contributed by atoms with Crippen LogP contribution in [0.2, 0.25) is 0 Å². The van der Waals surface area contributed by atoms with Crippen LogP contribution >= 0.6 is 22.6 Å². The minimum Gasteiger partial charge on any atom is -0.497 e. The van der Waals surface area contributed by atoms with Crippen LogP contribution in [-0.4, -0.2) is 11.0 Å². The summed E-state index contributed by atoms with van der Waals surface area (Å²) in [4.78, 5) is 0. The fourth-order valence-corrected chi connectivity index (χ4v) is 4.42. The van der Waals surface area contributed by atoms with Crippen molar-refractivity contribution in [2.75, 3.05) is 11.0 Å². The third-order valence-corrected chi connectivity index (χ3v) is 6.11. The number of benzene rings is 3. The zero-order valence-electron chi connectivity index (χ0n) is 14.9. The maximum Gasteiger partial charge on any atom is 0.106 e. The average Bonchev–Trinajstić information content (AvgIpc) is 2.74. The summed E-state index contributed by atoms with van der Waals surface area (Å²) in [5.74, 6) is 0. The molecule has 0 N–H and O–H groups in total. The van der Waals surface area contributed by atoms with E-state index in [4.69, 9.17) is 4.74 Å². The van der Waals surface area contributed by atoms with Gasteiger partial charge in [-0.1, -0.05) is 71.1 Å². The van der Waals surface area contributed by atoms with Crippen molar-refractivity contribution >= 4 is 44.1 Å². The predicted molar refractivity (Wildman–Crippen MR) is 120 cm³/mol. The minimum absolute atomic E-state index is 0.745. The highest BCUT2D eigenvalue weighted by molar-refractivity contribution is 14.1. The first-order valence-corrected chi connectivity index (χ1v) is 10.8. The van der Waals surface area contributed by atoms with Gasteiger partial charge >= 0.3 is 0 Å². The van der Waals surface area contributed by atoms with Crippen molar-refractivity contribution in [3.05, 3.63) is 83.6 Å². The lowest BCUT2D eigenvalue weighted by molar-refractivity contribution is 0.284. The molecule has 0 fully saturated rings. The quantitative estimate of drug-likeness (QED) is 0.224. The zero-order valence-corrected chi connectivity index (χ0v) is 17.0. The van der Waals surface area contributed by atoms with E-state index in [2.05, 4.69) is 77.2 Å². The summed E-state index contributed by atoms with van der Waals surface area (Å²) < 4.78 is 6.02. The predicted octanol–water partition coefficient (Wildman–Crippen LogP) is 6.76. The number of rotatable bonds is 1. The van der Waals surface area contributed by atoms with Gasteiger partial charge in [-0.2, -0.15) is 0 Å². The average molecular weight is 454 g/mol. The molecule has 0 radical (unpaired) electrons. The van der Waals surface area contributed by atoms with E-state index in [9.17, 15) is 0 Å². The summed E-state index contributed by atoms with van der Waals surface area (Å²) in [6.45, 7) is 0.745. The Kier molecular flexibility index (Phi) is 5.59. The number of aryl methyl sites for hydroxylation is 2. The van der Waals surface area contributed by atoms with E-state index in [0.29, 0.717) is 0 Å². The van der Waals surface area contributed by atoms with Gasteiger partial charge in [0, 0.05) is 4.43 Å². The molecule has 3 aromatic carbocycles. The number of halogens is 1. The number of ether oxygens (including phenoxy) is 1. The van der Waals surface area contributed by atoms with Crippen LogP contribution in [0.15, 0.2) is 72.5 Å². The molecule has 0 bridgehead atoms. The Hall–Kier alpha value is -1.81. The SMILES string of the molecule is ICC1=CCOC=C1.c1ccc2c(c1)ccc1c3c(ccc12)CCCC3. The van der Waals surface area contributed by atoms with E-state index in [1.165, 1.54) is 52.8 Å². The summed E-state index contributed by atoms with van der Waals surface area (Å²) in [6.07, 6.45) is 11.0. The molecule has 2 aliphatic rings. The standard InChI is InChI=1S/C18H16.C6H7IO/c1-3-7-15-13(5-1)9-11-18-16-8-4-2-6-14(16)10-12-17(15)18;7-5-6-1-3-8-4-2-6/h1,3,5,7,9-12H,2,4,6,8H2;1-3H,4-5H2. The number of hydrogen-bond acceptors (Lipinski definition) is 1. The van der Waals surface area contributed by atoms with Crippen LogP contribution in [-0.2, 0) is 17.6 Å². The molecule has 0 aromatic heterocycles. The van der Waals surface area contributed by atoms with Gasteiger partial charge in [0.2, 0.25) is 0 Å². The van der Waals surface area contributed by atoms with E-state index in [1.807, 2.05) is 6.08 Å². The maximum atomic E-state index is 4.94. The summed E-state index contributed by atoms with van der Waals surface area (Å²) in [5, 5.41) is 5.64. The second-order valence-corrected chi connectivity index (χ2v) is 7.60. The fourth-order valence-electron chi connectivity index (χ4n) is 3.86. The van der Waals surface area contributed by atoms with Gasteiger partial charge in [-0.3, -0.25) is 0 Å². The first kappa shape index (κ1) is 17.6. The van der Waals surface area contributed by atoms with Crippen LogP contribution in [0.3, 0.4) is 0 Å². The van der Waals surface area contributed by atoms with Crippen molar-refractivity contribution in [2.24, 2.45) is 0 Å². The normalized spacial score (nSPS) is 15.7. The smallest absolute Gasteiger partial charge is 0.106 e. The molecule has 3 aromatic rings. The Labute approximate surface area is 168 Å². The summed E-state index contributed by atoms with van der Waals surface area (Å²) >= 11 is 2.33. The molecule has 0 unspecified atom stereocenters. The maximum absolute atomic E-state index is 4.94. The molecule has 5 rings (SSSR count). The highest BCUT2D eigenvalue weighted by Crippen LogP contribution is 2.33. The first-order chi connectivity index (χ1) is 12.9. The van der Waals surface area contributed by atoms with Crippen LogP contribution in [0.5, 0.6) is 0 Å². The van der Waals surface area contributed by atoms with Gasteiger partial charge in [0.1, 0.15) is 6.61 Å². The Morgan fingerprint density at radius 1 is 0.846 bits per heavy atom. The van der Waals surface area contributed by atoms with Crippen LogP contribution in [0.1, 0.15) is 24.0 Å². The van der Waals surface area contributed by atoms with Gasteiger partial charge in [0.25, 0.3) is 0 Å². The summed E-state index contributed by atoms with van der Waals surface area (Å²) in [5.41, 5.74) is 4.53. The van der Waals surface area contributed by atoms with Crippen LogP contribution in [0.25, 0.3) is 21.5 Å². The lowest BCUT2D eigenvalue weighted by atomic mass is 9.86.